The van der Waals surface area contributed by atoms with Gasteiger partial charge >= 0.3 is 0 Å². The van der Waals surface area contributed by atoms with Crippen LogP contribution in [0.15, 0.2) is 10.3 Å². The van der Waals surface area contributed by atoms with Gasteiger partial charge in [0.15, 0.2) is 0 Å². The maximum Gasteiger partial charge on any atom is 0.274 e. The van der Waals surface area contributed by atoms with Gasteiger partial charge in [0.1, 0.15) is 6.61 Å². The lowest BCUT2D eigenvalue weighted by Crippen LogP contribution is -2.63. The largest absolute Gasteiger partial charge is 0.396 e. The highest BCUT2D eigenvalue weighted by Gasteiger charge is 2.54. The summed E-state index contributed by atoms with van der Waals surface area (Å²) < 4.78 is 0. The predicted molar refractivity (Wildman–Crippen MR) is 67.4 cm³/mol. The molecule has 1 aliphatic rings. The number of rotatable bonds is 4. The van der Waals surface area contributed by atoms with Crippen molar-refractivity contribution in [1.29, 1.82) is 0 Å². The van der Waals surface area contributed by atoms with Crippen LogP contribution < -0.4 is 10.9 Å². The van der Waals surface area contributed by atoms with Gasteiger partial charge in [0, 0.05) is 5.41 Å². The number of oxime groups is 1. The highest BCUT2D eigenvalue weighted by Crippen LogP contribution is 2.29. The highest BCUT2D eigenvalue weighted by molar-refractivity contribution is 6.34. The molecule has 1 aliphatic heterocycles. The van der Waals surface area contributed by atoms with Crippen LogP contribution in [-0.4, -0.2) is 34.7 Å². The van der Waals surface area contributed by atoms with Gasteiger partial charge in [-0.1, -0.05) is 25.9 Å². The maximum absolute atomic E-state index is 12.0. The van der Waals surface area contributed by atoms with Crippen LogP contribution in [0.4, 0.5) is 0 Å². The fourth-order valence-electron chi connectivity index (χ4n) is 1.86. The van der Waals surface area contributed by atoms with Crippen molar-refractivity contribution >= 4 is 17.3 Å². The van der Waals surface area contributed by atoms with Crippen LogP contribution in [0.25, 0.3) is 0 Å². The van der Waals surface area contributed by atoms with E-state index < -0.39 is 16.9 Å². The third-order valence-electron chi connectivity index (χ3n) is 2.72. The Morgan fingerprint density at radius 2 is 2.22 bits per heavy atom. The summed E-state index contributed by atoms with van der Waals surface area (Å²) in [4.78, 5) is 17.0. The summed E-state index contributed by atoms with van der Waals surface area (Å²) in [5.74, 6) is -0.476. The molecule has 0 aliphatic carbocycles. The monoisotopic (exact) mass is 256 g/mol. The number of hydrogen-bond donors (Lipinski definition) is 3. The van der Waals surface area contributed by atoms with Crippen molar-refractivity contribution < 1.29 is 14.8 Å². The van der Waals surface area contributed by atoms with E-state index in [9.17, 15) is 10.0 Å². The Hall–Kier alpha value is -1.47. The van der Waals surface area contributed by atoms with Crippen LogP contribution in [0.1, 0.15) is 34.6 Å². The predicted octanol–water partition coefficient (Wildman–Crippen LogP) is 0.648. The summed E-state index contributed by atoms with van der Waals surface area (Å²) >= 11 is 0. The molecule has 0 fully saturated rings. The van der Waals surface area contributed by atoms with E-state index in [0.29, 0.717) is 18.0 Å². The smallest absolute Gasteiger partial charge is 0.274 e. The molecule has 7 nitrogen and oxygen atoms in total. The van der Waals surface area contributed by atoms with Crippen LogP contribution in [0.5, 0.6) is 0 Å². The lowest BCUT2D eigenvalue weighted by atomic mass is 9.75. The number of hydrazone groups is 1. The minimum Gasteiger partial charge on any atom is -0.396 e. The molecule has 1 amide bonds. The van der Waals surface area contributed by atoms with E-state index in [4.69, 9.17) is 4.84 Å². The molecule has 0 saturated heterocycles. The molecule has 0 spiro atoms. The first-order valence-corrected chi connectivity index (χ1v) is 5.78. The van der Waals surface area contributed by atoms with E-state index in [-0.39, 0.29) is 0 Å². The number of carbonyl (C=O) groups excluding carboxylic acids is 1. The zero-order valence-electron chi connectivity index (χ0n) is 11.4. The van der Waals surface area contributed by atoms with Gasteiger partial charge in [0.2, 0.25) is 5.54 Å². The van der Waals surface area contributed by atoms with Crippen molar-refractivity contribution in [3.05, 3.63) is 0 Å². The Bertz CT molecular complexity index is 398. The first kappa shape index (κ1) is 14.6. The van der Waals surface area contributed by atoms with E-state index in [2.05, 4.69) is 15.7 Å². The molecule has 0 aromatic heterocycles. The zero-order chi connectivity index (χ0) is 14.0. The molecule has 102 valence electrons. The lowest BCUT2D eigenvalue weighted by Gasteiger charge is -2.32. The van der Waals surface area contributed by atoms with E-state index in [0.717, 1.165) is 0 Å². The third kappa shape index (κ3) is 2.23. The van der Waals surface area contributed by atoms with E-state index in [1.54, 1.807) is 13.8 Å². The van der Waals surface area contributed by atoms with Gasteiger partial charge in [0.25, 0.3) is 5.91 Å². The van der Waals surface area contributed by atoms with E-state index in [1.807, 2.05) is 26.3 Å². The summed E-state index contributed by atoms with van der Waals surface area (Å²) in [6.07, 6.45) is 0. The molecule has 0 saturated carbocycles. The van der Waals surface area contributed by atoms with E-state index >= 15 is 0 Å². The Balaban J connectivity index is 3.26. The number of hydroxylamine groups is 1. The van der Waals surface area contributed by atoms with Crippen molar-refractivity contribution in [3.8, 4) is 0 Å². The highest BCUT2D eigenvalue weighted by atomic mass is 16.6. The Kier molecular flexibility index (Phi) is 4.08. The van der Waals surface area contributed by atoms with Gasteiger partial charge in [-0.25, -0.2) is 5.43 Å². The molecule has 1 heterocycles. The summed E-state index contributed by atoms with van der Waals surface area (Å²) in [6, 6.07) is 0. The lowest BCUT2D eigenvalue weighted by molar-refractivity contribution is -0.124. The van der Waals surface area contributed by atoms with Crippen LogP contribution in [0.2, 0.25) is 0 Å². The number of amides is 1. The molecule has 3 N–H and O–H groups in total. The average molecular weight is 256 g/mol. The minimum absolute atomic E-state index is 0.301. The van der Waals surface area contributed by atoms with Crippen molar-refractivity contribution in [1.82, 2.24) is 10.9 Å². The molecule has 1 atom stereocenters. The van der Waals surface area contributed by atoms with Crippen LogP contribution in [-0.2, 0) is 9.63 Å². The topological polar surface area (TPSA) is 95.3 Å². The van der Waals surface area contributed by atoms with Gasteiger partial charge in [-0.15, -0.1) is 0 Å². The summed E-state index contributed by atoms with van der Waals surface area (Å²) in [5, 5.41) is 17.3. The number of nitrogens with one attached hydrogen (secondary N) is 2. The molecule has 7 heteroatoms. The molecule has 1 unspecified atom stereocenters. The average Bonchev–Trinajstić information content (AvgIpc) is 2.63. The Morgan fingerprint density at radius 3 is 2.67 bits per heavy atom. The summed E-state index contributed by atoms with van der Waals surface area (Å²) in [5.41, 5.74) is 3.28. The van der Waals surface area contributed by atoms with Gasteiger partial charge < -0.3 is 10.0 Å². The Labute approximate surface area is 106 Å². The second-order valence-electron chi connectivity index (χ2n) is 5.11. The number of carbonyl (C=O) groups is 1. The molecular weight excluding hydrogens is 236 g/mol. The molecule has 0 radical (unpaired) electrons. The van der Waals surface area contributed by atoms with Crippen LogP contribution in [0, 0.1) is 5.41 Å². The molecular formula is C11H20N4O3. The molecule has 0 bridgehead atoms. The fourth-order valence-corrected chi connectivity index (χ4v) is 1.86. The number of nitrogens with zero attached hydrogens (tertiary/aromatic N) is 2. The summed E-state index contributed by atoms with van der Waals surface area (Å²) in [6.45, 7) is 9.45. The van der Waals surface area contributed by atoms with E-state index in [1.165, 1.54) is 0 Å². The van der Waals surface area contributed by atoms with Crippen molar-refractivity contribution in [2.75, 3.05) is 6.61 Å². The minimum atomic E-state index is -1.46. The van der Waals surface area contributed by atoms with Gasteiger partial charge in [0.05, 0.1) is 11.4 Å². The molecule has 1 rings (SSSR count). The SMILES string of the molecule is CCO/N=C(/C)C1(NO)C(=O)NN=C1C(C)(C)C. The second kappa shape index (κ2) is 5.03. The van der Waals surface area contributed by atoms with Crippen LogP contribution in [0.3, 0.4) is 0 Å². The van der Waals surface area contributed by atoms with Gasteiger partial charge in [-0.2, -0.15) is 10.6 Å². The fraction of sp³-hybridized carbons (Fsp3) is 0.727. The van der Waals surface area contributed by atoms with Crippen molar-refractivity contribution in [2.45, 2.75) is 40.2 Å². The Morgan fingerprint density at radius 1 is 1.61 bits per heavy atom. The molecule has 0 aromatic rings. The maximum atomic E-state index is 12.0. The summed E-state index contributed by atoms with van der Waals surface area (Å²) in [7, 11) is 0. The third-order valence-corrected chi connectivity index (χ3v) is 2.72. The van der Waals surface area contributed by atoms with Crippen molar-refractivity contribution in [3.63, 3.8) is 0 Å². The van der Waals surface area contributed by atoms with Crippen LogP contribution >= 0.6 is 0 Å². The molecule has 18 heavy (non-hydrogen) atoms. The first-order valence-electron chi connectivity index (χ1n) is 5.78. The second-order valence-corrected chi connectivity index (χ2v) is 5.11. The van der Waals surface area contributed by atoms with Gasteiger partial charge in [-0.05, 0) is 13.8 Å². The van der Waals surface area contributed by atoms with Gasteiger partial charge in [-0.3, -0.25) is 4.79 Å². The van der Waals surface area contributed by atoms with Crippen molar-refractivity contribution in [2.24, 2.45) is 15.7 Å². The normalized spacial score (nSPS) is 24.9. The first-order chi connectivity index (χ1) is 8.30. The standard InChI is InChI=1S/C11H20N4O3/c1-6-18-14-7(2)11(15-17)8(10(3,4)5)12-13-9(11)16/h15,17H,6H2,1-5H3,(H,13,16)/b14-7-. The number of hydrogen-bond acceptors (Lipinski definition) is 6. The zero-order valence-corrected chi connectivity index (χ0v) is 11.4. The quantitative estimate of drug-likeness (QED) is 0.508. The molecule has 0 aromatic carbocycles.